The maximum absolute atomic E-state index is 9.59. The molecule has 6 nitrogen and oxygen atoms in total. The second kappa shape index (κ2) is 20.8. The summed E-state index contributed by atoms with van der Waals surface area (Å²) < 4.78 is 0. The van der Waals surface area contributed by atoms with E-state index in [4.69, 9.17) is 14.7 Å². The summed E-state index contributed by atoms with van der Waals surface area (Å²) in [6.45, 7) is 11.9. The molecule has 6 aromatic rings. The van der Waals surface area contributed by atoms with Crippen LogP contribution in [0.1, 0.15) is 66.8 Å². The van der Waals surface area contributed by atoms with Crippen molar-refractivity contribution in [3.63, 3.8) is 0 Å². The fraction of sp³-hybridized carbons (Fsp3) is 0.200. The van der Waals surface area contributed by atoms with Gasteiger partial charge < -0.3 is 30.0 Å². The Hall–Kier alpha value is -4.97. The lowest BCUT2D eigenvalue weighted by molar-refractivity contribution is 0.368. The largest absolute Gasteiger partial charge is 0.508 e. The molecular weight excluding hydrogens is 667 g/mol. The Balaban J connectivity index is 0.000000200. The van der Waals surface area contributed by atoms with Crippen LogP contribution in [0.2, 0.25) is 0 Å². The number of rotatable bonds is 6. The molecule has 0 aromatic heterocycles. The van der Waals surface area contributed by atoms with Crippen LogP contribution >= 0.6 is 8.60 Å². The third-order valence-electron chi connectivity index (χ3n) is 8.68. The van der Waals surface area contributed by atoms with Crippen LogP contribution in [-0.4, -0.2) is 30.0 Å². The second-order valence-corrected chi connectivity index (χ2v) is 13.5. The van der Waals surface area contributed by atoms with E-state index < -0.39 is 8.60 Å². The Bertz CT molecular complexity index is 1750. The average molecular weight is 719 g/mol. The molecule has 0 amide bonds. The third kappa shape index (κ3) is 14.0. The molecule has 0 fully saturated rings. The fourth-order valence-corrected chi connectivity index (χ4v) is 5.60. The SMILES string of the molecule is Cc1cc(Cc2ccccc2)c(C)cc1O.Cc1cc(Cc2ccccc2)c(C)cc1O.Cc1cc(Cc2ccccc2)c(C)cc1O.OP(O)O. The van der Waals surface area contributed by atoms with E-state index in [0.29, 0.717) is 17.2 Å². The lowest BCUT2D eigenvalue weighted by atomic mass is 9.98. The number of aryl methyl sites for hydroxylation is 6. The zero-order chi connectivity index (χ0) is 38.2. The van der Waals surface area contributed by atoms with Crippen molar-refractivity contribution < 1.29 is 30.0 Å². The van der Waals surface area contributed by atoms with Gasteiger partial charge in [-0.05, 0) is 146 Å². The first kappa shape index (κ1) is 41.5. The minimum atomic E-state index is -2.62. The quantitative estimate of drug-likeness (QED) is 0.0954. The Labute approximate surface area is 310 Å². The molecule has 0 bridgehead atoms. The van der Waals surface area contributed by atoms with Gasteiger partial charge in [-0.3, -0.25) is 0 Å². The van der Waals surface area contributed by atoms with Crippen LogP contribution in [0.15, 0.2) is 127 Å². The smallest absolute Gasteiger partial charge is 0.324 e. The van der Waals surface area contributed by atoms with Gasteiger partial charge in [0.05, 0.1) is 0 Å². The highest BCUT2D eigenvalue weighted by Gasteiger charge is 2.06. The summed E-state index contributed by atoms with van der Waals surface area (Å²) in [6, 6.07) is 42.9. The average Bonchev–Trinajstić information content (AvgIpc) is 3.10. The van der Waals surface area contributed by atoms with Crippen molar-refractivity contribution in [2.75, 3.05) is 0 Å². The molecule has 0 saturated carbocycles. The van der Waals surface area contributed by atoms with Gasteiger partial charge >= 0.3 is 8.60 Å². The summed E-state index contributed by atoms with van der Waals surface area (Å²) in [5.41, 5.74) is 14.0. The molecule has 0 atom stereocenters. The van der Waals surface area contributed by atoms with Gasteiger partial charge in [0.15, 0.2) is 0 Å². The van der Waals surface area contributed by atoms with Crippen LogP contribution in [0.25, 0.3) is 0 Å². The summed E-state index contributed by atoms with van der Waals surface area (Å²) in [5, 5.41) is 28.8. The molecule has 6 aromatic carbocycles. The molecule has 0 aliphatic rings. The first-order valence-corrected chi connectivity index (χ1v) is 18.3. The lowest BCUT2D eigenvalue weighted by Crippen LogP contribution is -1.93. The number of aromatic hydroxyl groups is 3. The number of hydrogen-bond donors (Lipinski definition) is 6. The van der Waals surface area contributed by atoms with Crippen molar-refractivity contribution in [3.8, 4) is 17.2 Å². The summed E-state index contributed by atoms with van der Waals surface area (Å²) in [6.07, 6.45) is 2.77. The molecule has 7 heteroatoms. The van der Waals surface area contributed by atoms with Crippen LogP contribution in [-0.2, 0) is 19.3 Å². The number of phenolic OH excluding ortho intramolecular Hbond substituents is 3. The van der Waals surface area contributed by atoms with Crippen molar-refractivity contribution in [2.45, 2.75) is 60.8 Å². The van der Waals surface area contributed by atoms with Gasteiger partial charge in [0.25, 0.3) is 0 Å². The summed E-state index contributed by atoms with van der Waals surface area (Å²) in [7, 11) is -2.62. The Morgan fingerprint density at radius 1 is 0.346 bits per heavy atom. The van der Waals surface area contributed by atoms with Crippen LogP contribution in [0.5, 0.6) is 17.2 Å². The van der Waals surface area contributed by atoms with Crippen LogP contribution < -0.4 is 0 Å². The summed E-state index contributed by atoms with van der Waals surface area (Å²) in [4.78, 5) is 21.7. The third-order valence-corrected chi connectivity index (χ3v) is 8.68. The van der Waals surface area contributed by atoms with Crippen LogP contribution in [0.3, 0.4) is 0 Å². The number of hydrogen-bond acceptors (Lipinski definition) is 6. The van der Waals surface area contributed by atoms with Crippen molar-refractivity contribution in [2.24, 2.45) is 0 Å². The van der Waals surface area contributed by atoms with Gasteiger partial charge in [-0.25, -0.2) is 0 Å². The van der Waals surface area contributed by atoms with E-state index in [9.17, 15) is 15.3 Å². The fourth-order valence-electron chi connectivity index (χ4n) is 5.60. The van der Waals surface area contributed by atoms with Gasteiger partial charge in [-0.1, -0.05) is 109 Å². The Kier molecular flexibility index (Phi) is 16.6. The maximum atomic E-state index is 9.59. The van der Waals surface area contributed by atoms with Gasteiger partial charge in [-0.2, -0.15) is 0 Å². The predicted molar refractivity (Wildman–Crippen MR) is 214 cm³/mol. The minimum absolute atomic E-state index is 0.384. The monoisotopic (exact) mass is 718 g/mol. The van der Waals surface area contributed by atoms with Crippen molar-refractivity contribution in [1.29, 1.82) is 0 Å². The molecule has 272 valence electrons. The van der Waals surface area contributed by atoms with E-state index in [-0.39, 0.29) is 0 Å². The highest BCUT2D eigenvalue weighted by Crippen LogP contribution is 2.25. The van der Waals surface area contributed by atoms with Crippen molar-refractivity contribution >= 4 is 8.60 Å². The molecule has 6 N–H and O–H groups in total. The van der Waals surface area contributed by atoms with Gasteiger partial charge in [-0.15, -0.1) is 0 Å². The molecular formula is C45H51O6P. The van der Waals surface area contributed by atoms with E-state index in [2.05, 4.69) is 91.0 Å². The van der Waals surface area contributed by atoms with E-state index in [0.717, 1.165) is 52.6 Å². The number of benzene rings is 6. The highest BCUT2D eigenvalue weighted by molar-refractivity contribution is 7.38. The summed E-state index contributed by atoms with van der Waals surface area (Å²) in [5.74, 6) is 1.15. The Morgan fingerprint density at radius 2 is 0.558 bits per heavy atom. The number of phenols is 3. The molecule has 0 aliphatic carbocycles. The lowest BCUT2D eigenvalue weighted by Gasteiger charge is -2.09. The molecule has 0 radical (unpaired) electrons. The van der Waals surface area contributed by atoms with E-state index >= 15 is 0 Å². The first-order valence-electron chi connectivity index (χ1n) is 17.1. The molecule has 0 aliphatic heterocycles. The zero-order valence-electron chi connectivity index (χ0n) is 30.9. The minimum Gasteiger partial charge on any atom is -0.508 e. The van der Waals surface area contributed by atoms with Crippen LogP contribution in [0.4, 0.5) is 0 Å². The molecule has 6 rings (SSSR count). The van der Waals surface area contributed by atoms with Crippen molar-refractivity contribution in [3.05, 3.63) is 194 Å². The van der Waals surface area contributed by atoms with E-state index in [1.807, 2.05) is 77.9 Å². The van der Waals surface area contributed by atoms with Gasteiger partial charge in [0, 0.05) is 0 Å². The Morgan fingerprint density at radius 3 is 0.769 bits per heavy atom. The maximum Gasteiger partial charge on any atom is 0.324 e. The molecule has 0 spiro atoms. The zero-order valence-corrected chi connectivity index (χ0v) is 31.8. The van der Waals surface area contributed by atoms with Gasteiger partial charge in [0.1, 0.15) is 17.2 Å². The van der Waals surface area contributed by atoms with E-state index in [1.54, 1.807) is 0 Å². The molecule has 52 heavy (non-hydrogen) atoms. The first-order chi connectivity index (χ1) is 24.7. The molecule has 0 heterocycles. The summed E-state index contributed by atoms with van der Waals surface area (Å²) >= 11 is 0. The topological polar surface area (TPSA) is 121 Å². The molecule has 0 saturated heterocycles. The van der Waals surface area contributed by atoms with E-state index in [1.165, 1.54) is 33.4 Å². The molecule has 0 unspecified atom stereocenters. The van der Waals surface area contributed by atoms with Gasteiger partial charge in [0.2, 0.25) is 0 Å². The second-order valence-electron chi connectivity index (χ2n) is 13.0. The van der Waals surface area contributed by atoms with Crippen molar-refractivity contribution in [1.82, 2.24) is 0 Å². The highest BCUT2D eigenvalue weighted by atomic mass is 31.2. The predicted octanol–water partition coefficient (Wildman–Crippen LogP) is 9.99. The van der Waals surface area contributed by atoms with Crippen LogP contribution in [0, 0.1) is 41.5 Å². The normalized spacial score (nSPS) is 10.3. The standard InChI is InChI=1S/3C15H16O.H3O3P/c3*1-11-9-15(16)12(2)8-14(11)10-13-6-4-3-5-7-13;1-4(2)3/h3*3-9,16H,10H2,1-2H3;1-3H.